The van der Waals surface area contributed by atoms with Crippen LogP contribution in [0, 0.1) is 0 Å². The number of hydrogen-bond donors (Lipinski definition) is 4. The van der Waals surface area contributed by atoms with E-state index in [4.69, 9.17) is 5.11 Å². The summed E-state index contributed by atoms with van der Waals surface area (Å²) in [6.07, 6.45) is 1.61. The Balaban J connectivity index is 4.03. The fourth-order valence-electron chi connectivity index (χ4n) is 1.06. The zero-order valence-corrected chi connectivity index (χ0v) is 9.91. The molecule has 0 heterocycles. The van der Waals surface area contributed by atoms with Crippen LogP contribution in [-0.4, -0.2) is 40.4 Å². The van der Waals surface area contributed by atoms with Crippen LogP contribution in [0.3, 0.4) is 0 Å². The normalized spacial score (nSPS) is 14.3. The van der Waals surface area contributed by atoms with E-state index in [2.05, 4.69) is 10.6 Å². The van der Waals surface area contributed by atoms with Gasteiger partial charge in [0.05, 0.1) is 6.54 Å². The van der Waals surface area contributed by atoms with Gasteiger partial charge in [-0.05, 0) is 19.8 Å². The van der Waals surface area contributed by atoms with Crippen LogP contribution in [0.15, 0.2) is 0 Å². The zero-order chi connectivity index (χ0) is 12.8. The summed E-state index contributed by atoms with van der Waals surface area (Å²) in [7, 11) is 0. The minimum atomic E-state index is -1.94. The monoisotopic (exact) mass is 232 g/mol. The summed E-state index contributed by atoms with van der Waals surface area (Å²) >= 11 is 0. The molecule has 0 aliphatic heterocycles. The van der Waals surface area contributed by atoms with Crippen molar-refractivity contribution in [1.29, 1.82) is 0 Å². The van der Waals surface area contributed by atoms with Crippen LogP contribution in [0.5, 0.6) is 0 Å². The number of aliphatic hydroxyl groups is 1. The van der Waals surface area contributed by atoms with E-state index in [-0.39, 0.29) is 12.6 Å². The molecule has 0 aliphatic rings. The highest BCUT2D eigenvalue weighted by Gasteiger charge is 2.30. The molecule has 0 fully saturated rings. The molecule has 0 aromatic carbocycles. The number of hydrogen-bond acceptors (Lipinski definition) is 3. The van der Waals surface area contributed by atoms with Crippen LogP contribution < -0.4 is 10.6 Å². The van der Waals surface area contributed by atoms with Gasteiger partial charge < -0.3 is 20.8 Å². The van der Waals surface area contributed by atoms with E-state index in [0.29, 0.717) is 0 Å². The van der Waals surface area contributed by atoms with Gasteiger partial charge in [-0.3, -0.25) is 0 Å². The number of nitrogens with one attached hydrogen (secondary N) is 2. The molecule has 4 N–H and O–H groups in total. The van der Waals surface area contributed by atoms with E-state index in [9.17, 15) is 14.7 Å². The van der Waals surface area contributed by atoms with E-state index in [1.807, 2.05) is 13.8 Å². The van der Waals surface area contributed by atoms with E-state index >= 15 is 0 Å². The summed E-state index contributed by atoms with van der Waals surface area (Å²) in [5.41, 5.74) is -1.94. The predicted molar refractivity (Wildman–Crippen MR) is 59.2 cm³/mol. The lowest BCUT2D eigenvalue weighted by Gasteiger charge is -2.20. The maximum absolute atomic E-state index is 11.3. The molecule has 94 valence electrons. The van der Waals surface area contributed by atoms with Crippen molar-refractivity contribution in [3.05, 3.63) is 0 Å². The van der Waals surface area contributed by atoms with Gasteiger partial charge in [0.15, 0.2) is 5.60 Å². The minimum Gasteiger partial charge on any atom is -0.479 e. The van der Waals surface area contributed by atoms with Crippen molar-refractivity contribution in [1.82, 2.24) is 10.6 Å². The Hall–Kier alpha value is -1.30. The second-order valence-corrected chi connectivity index (χ2v) is 3.92. The van der Waals surface area contributed by atoms with Crippen molar-refractivity contribution in [3.8, 4) is 0 Å². The molecule has 0 aromatic rings. The zero-order valence-electron chi connectivity index (χ0n) is 9.91. The molecule has 0 rings (SSSR count). The van der Waals surface area contributed by atoms with Crippen molar-refractivity contribution in [2.45, 2.75) is 45.3 Å². The second kappa shape index (κ2) is 6.32. The molecule has 0 spiro atoms. The third kappa shape index (κ3) is 4.97. The van der Waals surface area contributed by atoms with Gasteiger partial charge in [0.25, 0.3) is 0 Å². The summed E-state index contributed by atoms with van der Waals surface area (Å²) in [5.74, 6) is -1.37. The molecular weight excluding hydrogens is 212 g/mol. The Bertz CT molecular complexity index is 249. The van der Waals surface area contributed by atoms with Gasteiger partial charge in [-0.25, -0.2) is 9.59 Å². The molecule has 6 nitrogen and oxygen atoms in total. The van der Waals surface area contributed by atoms with Gasteiger partial charge in [-0.15, -0.1) is 0 Å². The maximum Gasteiger partial charge on any atom is 0.337 e. The Morgan fingerprint density at radius 3 is 2.19 bits per heavy atom. The largest absolute Gasteiger partial charge is 0.479 e. The molecule has 0 aliphatic carbocycles. The van der Waals surface area contributed by atoms with Crippen LogP contribution in [-0.2, 0) is 4.79 Å². The highest BCUT2D eigenvalue weighted by Crippen LogP contribution is 2.01. The molecule has 1 unspecified atom stereocenters. The Morgan fingerprint density at radius 1 is 1.31 bits per heavy atom. The van der Waals surface area contributed by atoms with Crippen molar-refractivity contribution >= 4 is 12.0 Å². The molecule has 0 radical (unpaired) electrons. The first-order valence-electron chi connectivity index (χ1n) is 5.33. The van der Waals surface area contributed by atoms with Crippen molar-refractivity contribution < 1.29 is 19.8 Å². The molecule has 0 bridgehead atoms. The first kappa shape index (κ1) is 14.7. The number of urea groups is 1. The number of carbonyl (C=O) groups excluding carboxylic acids is 1. The topological polar surface area (TPSA) is 98.7 Å². The third-order valence-corrected chi connectivity index (χ3v) is 2.37. The lowest BCUT2D eigenvalue weighted by atomic mass is 10.1. The Labute approximate surface area is 95.0 Å². The number of aliphatic carboxylic acids is 1. The molecule has 0 aromatic heterocycles. The fourth-order valence-corrected chi connectivity index (χ4v) is 1.06. The summed E-state index contributed by atoms with van der Waals surface area (Å²) in [6, 6.07) is -0.398. The maximum atomic E-state index is 11.3. The SMILES string of the molecule is CCC(CC)NC(=O)NCC(C)(O)C(=O)O. The summed E-state index contributed by atoms with van der Waals surface area (Å²) in [6.45, 7) is 4.70. The summed E-state index contributed by atoms with van der Waals surface area (Å²) in [5, 5.41) is 23.0. The van der Waals surface area contributed by atoms with Gasteiger partial charge in [0, 0.05) is 6.04 Å². The molecule has 2 amide bonds. The number of carboxylic acid groups (broad SMARTS) is 1. The van der Waals surface area contributed by atoms with Gasteiger partial charge in [-0.1, -0.05) is 13.8 Å². The van der Waals surface area contributed by atoms with Gasteiger partial charge >= 0.3 is 12.0 Å². The van der Waals surface area contributed by atoms with Crippen molar-refractivity contribution in [3.63, 3.8) is 0 Å². The molecular formula is C10H20N2O4. The number of carbonyl (C=O) groups is 2. The lowest BCUT2D eigenvalue weighted by Crippen LogP contribution is -2.50. The van der Waals surface area contributed by atoms with Crippen LogP contribution in [0.2, 0.25) is 0 Å². The van der Waals surface area contributed by atoms with Crippen LogP contribution >= 0.6 is 0 Å². The van der Waals surface area contributed by atoms with Gasteiger partial charge in [0.2, 0.25) is 0 Å². The first-order valence-corrected chi connectivity index (χ1v) is 5.33. The van der Waals surface area contributed by atoms with Crippen LogP contribution in [0.4, 0.5) is 4.79 Å². The summed E-state index contributed by atoms with van der Waals surface area (Å²) in [4.78, 5) is 21.9. The highest BCUT2D eigenvalue weighted by atomic mass is 16.4. The second-order valence-electron chi connectivity index (χ2n) is 3.92. The number of carboxylic acids is 1. The molecule has 0 saturated heterocycles. The Morgan fingerprint density at radius 2 is 1.81 bits per heavy atom. The standard InChI is InChI=1S/C10H20N2O4/c1-4-7(5-2)12-9(15)11-6-10(3,16)8(13)14/h7,16H,4-6H2,1-3H3,(H,13,14)(H2,11,12,15). The first-order chi connectivity index (χ1) is 7.33. The third-order valence-electron chi connectivity index (χ3n) is 2.37. The van der Waals surface area contributed by atoms with Gasteiger partial charge in [0.1, 0.15) is 0 Å². The fraction of sp³-hybridized carbons (Fsp3) is 0.800. The number of rotatable bonds is 6. The number of amides is 2. The Kier molecular flexibility index (Phi) is 5.81. The average Bonchev–Trinajstić information content (AvgIpc) is 2.23. The summed E-state index contributed by atoms with van der Waals surface area (Å²) < 4.78 is 0. The van der Waals surface area contributed by atoms with E-state index < -0.39 is 17.6 Å². The quantitative estimate of drug-likeness (QED) is 0.529. The lowest BCUT2D eigenvalue weighted by molar-refractivity contribution is -0.155. The molecule has 16 heavy (non-hydrogen) atoms. The predicted octanol–water partition coefficient (Wildman–Crippen LogP) is 0.310. The van der Waals surface area contributed by atoms with Crippen molar-refractivity contribution in [2.75, 3.05) is 6.54 Å². The molecule has 6 heteroatoms. The van der Waals surface area contributed by atoms with Crippen LogP contribution in [0.25, 0.3) is 0 Å². The minimum absolute atomic E-state index is 0.0646. The smallest absolute Gasteiger partial charge is 0.337 e. The highest BCUT2D eigenvalue weighted by molar-refractivity contribution is 5.79. The van der Waals surface area contributed by atoms with E-state index in [1.165, 1.54) is 0 Å². The van der Waals surface area contributed by atoms with E-state index in [0.717, 1.165) is 19.8 Å². The van der Waals surface area contributed by atoms with Crippen molar-refractivity contribution in [2.24, 2.45) is 0 Å². The molecule has 0 saturated carbocycles. The van der Waals surface area contributed by atoms with Crippen LogP contribution in [0.1, 0.15) is 33.6 Å². The molecule has 1 atom stereocenters. The average molecular weight is 232 g/mol. The van der Waals surface area contributed by atoms with E-state index in [1.54, 1.807) is 0 Å². The van der Waals surface area contributed by atoms with Gasteiger partial charge in [-0.2, -0.15) is 0 Å².